The van der Waals surface area contributed by atoms with Crippen LogP contribution < -0.4 is 10.1 Å². The van der Waals surface area contributed by atoms with Crippen molar-refractivity contribution in [3.05, 3.63) is 84.3 Å². The number of hydrogen-bond acceptors (Lipinski definition) is 6. The first-order chi connectivity index (χ1) is 15.0. The molecule has 31 heavy (non-hydrogen) atoms. The molecular formula is C23H22N6O2. The largest absolute Gasteiger partial charge is 0.437 e. The fourth-order valence-corrected chi connectivity index (χ4v) is 3.17. The van der Waals surface area contributed by atoms with Crippen molar-refractivity contribution in [1.29, 1.82) is 0 Å². The Morgan fingerprint density at radius 3 is 2.71 bits per heavy atom. The van der Waals surface area contributed by atoms with Crippen LogP contribution in [0.25, 0.3) is 5.69 Å². The van der Waals surface area contributed by atoms with Crippen LogP contribution >= 0.6 is 0 Å². The van der Waals surface area contributed by atoms with Crippen LogP contribution in [0.2, 0.25) is 0 Å². The predicted molar refractivity (Wildman–Crippen MR) is 117 cm³/mol. The van der Waals surface area contributed by atoms with Gasteiger partial charge in [-0.2, -0.15) is 0 Å². The Labute approximate surface area is 180 Å². The van der Waals surface area contributed by atoms with Gasteiger partial charge in [0.1, 0.15) is 11.6 Å². The van der Waals surface area contributed by atoms with Gasteiger partial charge in [0.05, 0.1) is 11.9 Å². The summed E-state index contributed by atoms with van der Waals surface area (Å²) in [6.07, 6.45) is 4.62. The summed E-state index contributed by atoms with van der Waals surface area (Å²) in [5.74, 6) is 1.54. The number of nitrogens with one attached hydrogen (secondary N) is 1. The monoisotopic (exact) mass is 414 g/mol. The standard InChI is InChI=1S/C23H22N6O2/c1-15(2)19-9-4-5-10-20(19)29-16(3)26-22(28-29)23(30)27-17-7-6-8-18(13-17)31-21-14-24-11-12-25-21/h4-15H,1-3H3,(H,27,30). The molecule has 0 saturated heterocycles. The van der Waals surface area contributed by atoms with Crippen molar-refractivity contribution in [2.24, 2.45) is 0 Å². The fraction of sp³-hybridized carbons (Fsp3) is 0.174. The first-order valence-electron chi connectivity index (χ1n) is 9.89. The van der Waals surface area contributed by atoms with E-state index in [-0.39, 0.29) is 5.82 Å². The number of ether oxygens (including phenoxy) is 1. The smallest absolute Gasteiger partial charge is 0.295 e. The second-order valence-electron chi connectivity index (χ2n) is 7.24. The predicted octanol–water partition coefficient (Wildman–Crippen LogP) is 4.53. The zero-order valence-corrected chi connectivity index (χ0v) is 17.5. The first kappa shape index (κ1) is 20.2. The Morgan fingerprint density at radius 1 is 1.10 bits per heavy atom. The molecule has 0 radical (unpaired) electrons. The van der Waals surface area contributed by atoms with Gasteiger partial charge in [0.15, 0.2) is 0 Å². The summed E-state index contributed by atoms with van der Waals surface area (Å²) in [5.41, 5.74) is 2.61. The minimum absolute atomic E-state index is 0.0938. The Bertz CT molecular complexity index is 1200. The van der Waals surface area contributed by atoms with Crippen molar-refractivity contribution in [2.45, 2.75) is 26.7 Å². The lowest BCUT2D eigenvalue weighted by atomic mass is 10.0. The second kappa shape index (κ2) is 8.74. The molecule has 0 bridgehead atoms. The SMILES string of the molecule is Cc1nc(C(=O)Nc2cccc(Oc3cnccn3)c2)nn1-c1ccccc1C(C)C. The minimum Gasteiger partial charge on any atom is -0.437 e. The van der Waals surface area contributed by atoms with Crippen LogP contribution in [0, 0.1) is 6.92 Å². The summed E-state index contributed by atoms with van der Waals surface area (Å²) < 4.78 is 7.37. The Morgan fingerprint density at radius 2 is 1.94 bits per heavy atom. The molecule has 156 valence electrons. The zero-order valence-electron chi connectivity index (χ0n) is 17.5. The molecule has 0 saturated carbocycles. The van der Waals surface area contributed by atoms with Crippen molar-refractivity contribution in [2.75, 3.05) is 5.32 Å². The van der Waals surface area contributed by atoms with Gasteiger partial charge in [-0.1, -0.05) is 38.1 Å². The molecule has 0 atom stereocenters. The number of carbonyl (C=O) groups is 1. The van der Waals surface area contributed by atoms with Crippen molar-refractivity contribution < 1.29 is 9.53 Å². The summed E-state index contributed by atoms with van der Waals surface area (Å²) in [6.45, 7) is 6.07. The number of para-hydroxylation sites is 1. The molecule has 0 aliphatic rings. The molecule has 1 amide bonds. The van der Waals surface area contributed by atoms with Gasteiger partial charge in [-0.05, 0) is 36.6 Å². The quantitative estimate of drug-likeness (QED) is 0.498. The summed E-state index contributed by atoms with van der Waals surface area (Å²) in [7, 11) is 0. The molecule has 8 nitrogen and oxygen atoms in total. The van der Waals surface area contributed by atoms with Crippen molar-refractivity contribution in [3.63, 3.8) is 0 Å². The van der Waals surface area contributed by atoms with E-state index >= 15 is 0 Å². The van der Waals surface area contributed by atoms with Crippen LogP contribution in [0.3, 0.4) is 0 Å². The van der Waals surface area contributed by atoms with Crippen molar-refractivity contribution in [3.8, 4) is 17.3 Å². The molecular weight excluding hydrogens is 392 g/mol. The van der Waals surface area contributed by atoms with Crippen LogP contribution in [-0.4, -0.2) is 30.6 Å². The highest BCUT2D eigenvalue weighted by Gasteiger charge is 2.18. The number of hydrogen-bond donors (Lipinski definition) is 1. The summed E-state index contributed by atoms with van der Waals surface area (Å²) in [6, 6.07) is 15.0. The van der Waals surface area contributed by atoms with Crippen molar-refractivity contribution >= 4 is 11.6 Å². The molecule has 0 fully saturated rings. The van der Waals surface area contributed by atoms with Gasteiger partial charge >= 0.3 is 0 Å². The fourth-order valence-electron chi connectivity index (χ4n) is 3.17. The highest BCUT2D eigenvalue weighted by molar-refractivity contribution is 6.01. The third-order valence-electron chi connectivity index (χ3n) is 4.61. The van der Waals surface area contributed by atoms with E-state index in [0.717, 1.165) is 11.3 Å². The molecule has 0 spiro atoms. The summed E-state index contributed by atoms with van der Waals surface area (Å²) in [5, 5.41) is 7.27. The zero-order chi connectivity index (χ0) is 21.8. The highest BCUT2D eigenvalue weighted by atomic mass is 16.5. The van der Waals surface area contributed by atoms with Gasteiger partial charge < -0.3 is 10.1 Å². The van der Waals surface area contributed by atoms with Crippen LogP contribution in [-0.2, 0) is 0 Å². The Kier molecular flexibility index (Phi) is 5.70. The molecule has 0 unspecified atom stereocenters. The Hall–Kier alpha value is -4.07. The van der Waals surface area contributed by atoms with Gasteiger partial charge in [-0.25, -0.2) is 14.6 Å². The van der Waals surface area contributed by atoms with E-state index < -0.39 is 5.91 Å². The maximum Gasteiger partial charge on any atom is 0.295 e. The average molecular weight is 414 g/mol. The van der Waals surface area contributed by atoms with E-state index in [1.54, 1.807) is 41.3 Å². The van der Waals surface area contributed by atoms with E-state index in [1.807, 2.05) is 25.1 Å². The van der Waals surface area contributed by atoms with Crippen LogP contribution in [0.4, 0.5) is 5.69 Å². The Balaban J connectivity index is 1.54. The first-order valence-corrected chi connectivity index (χ1v) is 9.89. The number of aryl methyl sites for hydroxylation is 1. The molecule has 2 heterocycles. The molecule has 0 aliphatic heterocycles. The lowest BCUT2D eigenvalue weighted by molar-refractivity contribution is 0.101. The van der Waals surface area contributed by atoms with Crippen LogP contribution in [0.5, 0.6) is 11.6 Å². The number of amides is 1. The van der Waals surface area contributed by atoms with E-state index in [0.29, 0.717) is 29.1 Å². The lowest BCUT2D eigenvalue weighted by Crippen LogP contribution is -2.14. The van der Waals surface area contributed by atoms with Crippen LogP contribution in [0.1, 0.15) is 41.8 Å². The minimum atomic E-state index is -0.402. The van der Waals surface area contributed by atoms with E-state index in [9.17, 15) is 4.79 Å². The molecule has 4 rings (SSSR count). The molecule has 8 heteroatoms. The highest BCUT2D eigenvalue weighted by Crippen LogP contribution is 2.24. The maximum atomic E-state index is 12.8. The maximum absolute atomic E-state index is 12.8. The van der Waals surface area contributed by atoms with Gasteiger partial charge in [0, 0.05) is 24.1 Å². The van der Waals surface area contributed by atoms with Gasteiger partial charge in [0.25, 0.3) is 5.91 Å². The third kappa shape index (κ3) is 4.58. The second-order valence-corrected chi connectivity index (χ2v) is 7.24. The number of carbonyl (C=O) groups excluding carboxylic acids is 1. The van der Waals surface area contributed by atoms with Gasteiger partial charge in [-0.15, -0.1) is 5.10 Å². The lowest BCUT2D eigenvalue weighted by Gasteiger charge is -2.12. The number of anilines is 1. The molecule has 2 aromatic carbocycles. The normalized spacial score (nSPS) is 10.8. The number of rotatable bonds is 6. The number of nitrogens with zero attached hydrogens (tertiary/aromatic N) is 5. The number of benzene rings is 2. The van der Waals surface area contributed by atoms with Crippen molar-refractivity contribution in [1.82, 2.24) is 24.7 Å². The van der Waals surface area contributed by atoms with Crippen LogP contribution in [0.15, 0.2) is 67.1 Å². The number of aromatic nitrogens is 5. The van der Waals surface area contributed by atoms with E-state index in [1.165, 1.54) is 6.20 Å². The third-order valence-corrected chi connectivity index (χ3v) is 4.61. The van der Waals surface area contributed by atoms with Gasteiger partial charge in [0.2, 0.25) is 11.7 Å². The topological polar surface area (TPSA) is 94.8 Å². The van der Waals surface area contributed by atoms with Gasteiger partial charge in [-0.3, -0.25) is 9.78 Å². The summed E-state index contributed by atoms with van der Waals surface area (Å²) >= 11 is 0. The summed E-state index contributed by atoms with van der Waals surface area (Å²) in [4.78, 5) is 25.2. The van der Waals surface area contributed by atoms with E-state index in [4.69, 9.17) is 4.74 Å². The van der Waals surface area contributed by atoms with E-state index in [2.05, 4.69) is 45.3 Å². The average Bonchev–Trinajstić information content (AvgIpc) is 3.16. The molecule has 2 aromatic heterocycles. The molecule has 0 aliphatic carbocycles. The molecule has 4 aromatic rings. The molecule has 1 N–H and O–H groups in total.